The fourth-order valence-corrected chi connectivity index (χ4v) is 2.59. The second-order valence-electron chi connectivity index (χ2n) is 3.52. The van der Waals surface area contributed by atoms with Gasteiger partial charge in [-0.1, -0.05) is 15.9 Å². The van der Waals surface area contributed by atoms with E-state index in [0.717, 1.165) is 21.2 Å². The van der Waals surface area contributed by atoms with Crippen LogP contribution in [0.1, 0.15) is 20.8 Å². The standard InChI is InChI=1S/C12H10BrNO2S/c1-8-2-10(13)3-9(5-15)12(8)16-6-11-4-14-7-17-11/h2-5,7H,6H2,1H3. The molecule has 0 amide bonds. The van der Waals surface area contributed by atoms with Crippen molar-refractivity contribution in [2.24, 2.45) is 0 Å². The first-order valence-corrected chi connectivity index (χ1v) is 6.63. The molecule has 0 saturated carbocycles. The second kappa shape index (κ2) is 5.42. The fourth-order valence-electron chi connectivity index (χ4n) is 1.50. The lowest BCUT2D eigenvalue weighted by molar-refractivity contribution is 0.111. The molecule has 0 aliphatic carbocycles. The molecule has 0 N–H and O–H groups in total. The summed E-state index contributed by atoms with van der Waals surface area (Å²) >= 11 is 4.89. The number of rotatable bonds is 4. The van der Waals surface area contributed by atoms with Gasteiger partial charge in [0.15, 0.2) is 6.29 Å². The van der Waals surface area contributed by atoms with Crippen LogP contribution in [0.5, 0.6) is 5.75 Å². The molecule has 88 valence electrons. The number of aromatic nitrogens is 1. The van der Waals surface area contributed by atoms with Crippen LogP contribution >= 0.6 is 27.3 Å². The maximum absolute atomic E-state index is 11.0. The van der Waals surface area contributed by atoms with E-state index in [1.165, 1.54) is 11.3 Å². The lowest BCUT2D eigenvalue weighted by Gasteiger charge is -2.10. The topological polar surface area (TPSA) is 39.2 Å². The first-order valence-electron chi connectivity index (χ1n) is 4.96. The number of aryl methyl sites for hydroxylation is 1. The minimum absolute atomic E-state index is 0.438. The predicted octanol–water partition coefficient (Wildman–Crippen LogP) is 3.61. The predicted molar refractivity (Wildman–Crippen MR) is 70.7 cm³/mol. The number of hydrogen-bond donors (Lipinski definition) is 0. The lowest BCUT2D eigenvalue weighted by atomic mass is 10.1. The molecule has 0 bridgehead atoms. The van der Waals surface area contributed by atoms with Gasteiger partial charge < -0.3 is 4.74 Å². The number of thiazole rings is 1. The largest absolute Gasteiger partial charge is 0.487 e. The van der Waals surface area contributed by atoms with Gasteiger partial charge in [-0.05, 0) is 24.6 Å². The second-order valence-corrected chi connectivity index (χ2v) is 5.40. The third-order valence-electron chi connectivity index (χ3n) is 2.24. The summed E-state index contributed by atoms with van der Waals surface area (Å²) in [5.74, 6) is 0.636. The van der Waals surface area contributed by atoms with Crippen molar-refractivity contribution in [1.29, 1.82) is 0 Å². The van der Waals surface area contributed by atoms with E-state index < -0.39 is 0 Å². The van der Waals surface area contributed by atoms with Gasteiger partial charge in [-0.3, -0.25) is 9.78 Å². The Hall–Kier alpha value is -1.20. The van der Waals surface area contributed by atoms with E-state index in [2.05, 4.69) is 20.9 Å². The van der Waals surface area contributed by atoms with E-state index in [9.17, 15) is 4.79 Å². The summed E-state index contributed by atoms with van der Waals surface area (Å²) < 4.78 is 6.55. The molecule has 0 aliphatic rings. The number of benzene rings is 1. The van der Waals surface area contributed by atoms with E-state index in [1.807, 2.05) is 13.0 Å². The normalized spacial score (nSPS) is 10.2. The van der Waals surface area contributed by atoms with Crippen LogP contribution in [0.4, 0.5) is 0 Å². The lowest BCUT2D eigenvalue weighted by Crippen LogP contribution is -1.99. The SMILES string of the molecule is Cc1cc(Br)cc(C=O)c1OCc1cncs1. The van der Waals surface area contributed by atoms with Crippen LogP contribution in [-0.4, -0.2) is 11.3 Å². The van der Waals surface area contributed by atoms with E-state index in [1.54, 1.807) is 17.8 Å². The minimum atomic E-state index is 0.438. The van der Waals surface area contributed by atoms with Gasteiger partial charge in [0.05, 0.1) is 16.0 Å². The van der Waals surface area contributed by atoms with Gasteiger partial charge in [-0.15, -0.1) is 11.3 Å². The Balaban J connectivity index is 2.22. The van der Waals surface area contributed by atoms with Crippen molar-refractivity contribution < 1.29 is 9.53 Å². The van der Waals surface area contributed by atoms with Crippen molar-refractivity contribution in [2.45, 2.75) is 13.5 Å². The van der Waals surface area contributed by atoms with Crippen LogP contribution in [0.15, 0.2) is 28.3 Å². The highest BCUT2D eigenvalue weighted by Gasteiger charge is 2.09. The van der Waals surface area contributed by atoms with E-state index >= 15 is 0 Å². The molecule has 5 heteroatoms. The van der Waals surface area contributed by atoms with Gasteiger partial charge in [0.1, 0.15) is 12.4 Å². The third kappa shape index (κ3) is 2.92. The summed E-state index contributed by atoms with van der Waals surface area (Å²) in [6.07, 6.45) is 2.57. The van der Waals surface area contributed by atoms with Crippen LogP contribution in [0.3, 0.4) is 0 Å². The number of hydrogen-bond acceptors (Lipinski definition) is 4. The monoisotopic (exact) mass is 311 g/mol. The summed E-state index contributed by atoms with van der Waals surface area (Å²) in [5.41, 5.74) is 3.25. The molecule has 0 atom stereocenters. The quantitative estimate of drug-likeness (QED) is 0.810. The first kappa shape index (κ1) is 12.3. The molecule has 0 aliphatic heterocycles. The third-order valence-corrected chi connectivity index (χ3v) is 3.45. The molecule has 2 rings (SSSR count). The highest BCUT2D eigenvalue weighted by molar-refractivity contribution is 9.10. The Morgan fingerprint density at radius 1 is 1.53 bits per heavy atom. The number of ether oxygens (including phenoxy) is 1. The highest BCUT2D eigenvalue weighted by atomic mass is 79.9. The van der Waals surface area contributed by atoms with E-state index in [4.69, 9.17) is 4.74 Å². The maximum atomic E-state index is 11.0. The molecule has 0 spiro atoms. The van der Waals surface area contributed by atoms with Crippen molar-refractivity contribution in [3.63, 3.8) is 0 Å². The minimum Gasteiger partial charge on any atom is -0.487 e. The van der Waals surface area contributed by atoms with Crippen molar-refractivity contribution in [3.8, 4) is 5.75 Å². The van der Waals surface area contributed by atoms with Crippen molar-refractivity contribution in [2.75, 3.05) is 0 Å². The number of carbonyl (C=O) groups is 1. The molecule has 3 nitrogen and oxygen atoms in total. The molecule has 0 fully saturated rings. The molecule has 1 aromatic heterocycles. The number of aldehydes is 1. The summed E-state index contributed by atoms with van der Waals surface area (Å²) in [4.78, 5) is 16.0. The summed E-state index contributed by atoms with van der Waals surface area (Å²) in [5, 5.41) is 0. The smallest absolute Gasteiger partial charge is 0.153 e. The number of nitrogens with zero attached hydrogens (tertiary/aromatic N) is 1. The Labute approximate surface area is 112 Å². The van der Waals surface area contributed by atoms with Crippen molar-refractivity contribution in [1.82, 2.24) is 4.98 Å². The van der Waals surface area contributed by atoms with Crippen LogP contribution in [0, 0.1) is 6.92 Å². The van der Waals surface area contributed by atoms with Crippen LogP contribution in [0.25, 0.3) is 0 Å². The Morgan fingerprint density at radius 2 is 2.35 bits per heavy atom. The van der Waals surface area contributed by atoms with Crippen LogP contribution < -0.4 is 4.74 Å². The Morgan fingerprint density at radius 3 is 3.00 bits per heavy atom. The summed E-state index contributed by atoms with van der Waals surface area (Å²) in [6.45, 7) is 2.35. The van der Waals surface area contributed by atoms with E-state index in [-0.39, 0.29) is 0 Å². The number of halogens is 1. The average Bonchev–Trinajstić information content (AvgIpc) is 2.79. The van der Waals surface area contributed by atoms with Crippen molar-refractivity contribution >= 4 is 33.6 Å². The maximum Gasteiger partial charge on any atom is 0.153 e. The van der Waals surface area contributed by atoms with E-state index in [0.29, 0.717) is 17.9 Å². The van der Waals surface area contributed by atoms with Gasteiger partial charge in [0, 0.05) is 10.7 Å². The summed E-state index contributed by atoms with van der Waals surface area (Å²) in [6, 6.07) is 3.68. The van der Waals surface area contributed by atoms with Gasteiger partial charge in [-0.25, -0.2) is 0 Å². The molecule has 0 radical (unpaired) electrons. The molecule has 1 aromatic carbocycles. The molecule has 0 saturated heterocycles. The fraction of sp³-hybridized carbons (Fsp3) is 0.167. The van der Waals surface area contributed by atoms with Gasteiger partial charge in [0.25, 0.3) is 0 Å². The van der Waals surface area contributed by atoms with Gasteiger partial charge in [0.2, 0.25) is 0 Å². The zero-order valence-electron chi connectivity index (χ0n) is 9.14. The summed E-state index contributed by atoms with van der Waals surface area (Å²) in [7, 11) is 0. The molecule has 1 heterocycles. The zero-order chi connectivity index (χ0) is 12.3. The molecule has 2 aromatic rings. The zero-order valence-corrected chi connectivity index (χ0v) is 11.5. The number of carbonyl (C=O) groups excluding carboxylic acids is 1. The average molecular weight is 312 g/mol. The Bertz CT molecular complexity index is 526. The van der Waals surface area contributed by atoms with Gasteiger partial charge >= 0.3 is 0 Å². The highest BCUT2D eigenvalue weighted by Crippen LogP contribution is 2.27. The molecular weight excluding hydrogens is 302 g/mol. The molecule has 17 heavy (non-hydrogen) atoms. The molecular formula is C12H10BrNO2S. The van der Waals surface area contributed by atoms with Crippen LogP contribution in [-0.2, 0) is 6.61 Å². The van der Waals surface area contributed by atoms with Gasteiger partial charge in [-0.2, -0.15) is 0 Å². The molecule has 0 unspecified atom stereocenters. The first-order chi connectivity index (χ1) is 8.20. The Kier molecular flexibility index (Phi) is 3.91. The van der Waals surface area contributed by atoms with Crippen LogP contribution in [0.2, 0.25) is 0 Å². The van der Waals surface area contributed by atoms with Crippen molar-refractivity contribution in [3.05, 3.63) is 44.3 Å².